The van der Waals surface area contributed by atoms with Crippen LogP contribution in [0.1, 0.15) is 24.8 Å². The Morgan fingerprint density at radius 3 is 2.75 bits per heavy atom. The fourth-order valence-electron chi connectivity index (χ4n) is 2.45. The number of rotatable bonds is 8. The highest BCUT2D eigenvalue weighted by molar-refractivity contribution is 14.0. The van der Waals surface area contributed by atoms with E-state index < -0.39 is 0 Å². The molecule has 0 amide bonds. The van der Waals surface area contributed by atoms with Gasteiger partial charge in [-0.25, -0.2) is 0 Å². The standard InChI is InChI=1S/C18H27N3O2.HI/c1-19-18(21-16-8-3-4-9-16)20-14-15-7-5-10-17(13-15)23-12-6-11-22-2;/h3-5,7,10,13,16H,6,8-9,11-12,14H2,1-2H3,(H2,19,20,21);1H. The Kier molecular flexibility index (Phi) is 10.5. The number of aliphatic imine (C=N–C) groups is 1. The molecule has 6 heteroatoms. The minimum absolute atomic E-state index is 0. The maximum Gasteiger partial charge on any atom is 0.191 e. The lowest BCUT2D eigenvalue weighted by Gasteiger charge is -2.17. The molecule has 0 aromatic heterocycles. The van der Waals surface area contributed by atoms with Crippen LogP contribution >= 0.6 is 24.0 Å². The second-order valence-corrected chi connectivity index (χ2v) is 5.55. The average molecular weight is 445 g/mol. The Labute approximate surface area is 161 Å². The predicted octanol–water partition coefficient (Wildman–Crippen LogP) is 3.10. The molecule has 134 valence electrons. The Morgan fingerprint density at radius 1 is 1.25 bits per heavy atom. The molecule has 1 aliphatic carbocycles. The molecule has 24 heavy (non-hydrogen) atoms. The van der Waals surface area contributed by atoms with Crippen LogP contribution in [0.15, 0.2) is 41.4 Å². The van der Waals surface area contributed by atoms with Crippen molar-refractivity contribution in [3.63, 3.8) is 0 Å². The molecule has 1 aliphatic rings. The van der Waals surface area contributed by atoms with Crippen LogP contribution in [0.25, 0.3) is 0 Å². The number of guanidine groups is 1. The lowest BCUT2D eigenvalue weighted by Crippen LogP contribution is -2.42. The van der Waals surface area contributed by atoms with E-state index in [1.807, 2.05) is 12.1 Å². The third kappa shape index (κ3) is 7.53. The van der Waals surface area contributed by atoms with Crippen LogP contribution in [-0.2, 0) is 11.3 Å². The van der Waals surface area contributed by atoms with Crippen molar-refractivity contribution in [1.29, 1.82) is 0 Å². The van der Waals surface area contributed by atoms with Gasteiger partial charge >= 0.3 is 0 Å². The number of hydrogen-bond acceptors (Lipinski definition) is 3. The zero-order valence-corrected chi connectivity index (χ0v) is 16.8. The van der Waals surface area contributed by atoms with Crippen LogP contribution in [0, 0.1) is 0 Å². The van der Waals surface area contributed by atoms with Gasteiger partial charge in [0.2, 0.25) is 0 Å². The van der Waals surface area contributed by atoms with Gasteiger partial charge in [-0.2, -0.15) is 0 Å². The van der Waals surface area contributed by atoms with Crippen molar-refractivity contribution in [2.45, 2.75) is 31.8 Å². The summed E-state index contributed by atoms with van der Waals surface area (Å²) in [7, 11) is 3.50. The molecule has 0 radical (unpaired) electrons. The van der Waals surface area contributed by atoms with Gasteiger partial charge in [-0.1, -0.05) is 24.3 Å². The van der Waals surface area contributed by atoms with Crippen LogP contribution in [0.5, 0.6) is 5.75 Å². The van der Waals surface area contributed by atoms with Gasteiger partial charge in [0.1, 0.15) is 5.75 Å². The highest BCUT2D eigenvalue weighted by Crippen LogP contribution is 2.13. The van der Waals surface area contributed by atoms with E-state index in [2.05, 4.69) is 39.9 Å². The van der Waals surface area contributed by atoms with Crippen molar-refractivity contribution >= 4 is 29.9 Å². The summed E-state index contributed by atoms with van der Waals surface area (Å²) in [6, 6.07) is 8.59. The van der Waals surface area contributed by atoms with E-state index in [1.165, 1.54) is 5.56 Å². The topological polar surface area (TPSA) is 54.9 Å². The van der Waals surface area contributed by atoms with E-state index in [0.717, 1.165) is 44.1 Å². The normalized spacial score (nSPS) is 14.3. The van der Waals surface area contributed by atoms with Gasteiger partial charge in [0.05, 0.1) is 6.61 Å². The van der Waals surface area contributed by atoms with E-state index in [4.69, 9.17) is 9.47 Å². The van der Waals surface area contributed by atoms with Gasteiger partial charge in [0.25, 0.3) is 0 Å². The number of halogens is 1. The Bertz CT molecular complexity index is 527. The second kappa shape index (κ2) is 12.1. The van der Waals surface area contributed by atoms with Gasteiger partial charge in [-0.15, -0.1) is 24.0 Å². The van der Waals surface area contributed by atoms with Crippen LogP contribution in [0.4, 0.5) is 0 Å². The minimum atomic E-state index is 0. The lowest BCUT2D eigenvalue weighted by atomic mass is 10.2. The summed E-state index contributed by atoms with van der Waals surface area (Å²) in [6.07, 6.45) is 7.42. The predicted molar refractivity (Wildman–Crippen MR) is 109 cm³/mol. The second-order valence-electron chi connectivity index (χ2n) is 5.55. The Balaban J connectivity index is 0.00000288. The first-order valence-corrected chi connectivity index (χ1v) is 8.14. The molecule has 0 heterocycles. The van der Waals surface area contributed by atoms with Gasteiger partial charge in [-0.05, 0) is 30.5 Å². The number of ether oxygens (including phenoxy) is 2. The molecule has 0 saturated carbocycles. The average Bonchev–Trinajstić information content (AvgIpc) is 3.09. The van der Waals surface area contributed by atoms with Gasteiger partial charge < -0.3 is 20.1 Å². The maximum absolute atomic E-state index is 5.73. The molecule has 0 saturated heterocycles. The van der Waals surface area contributed by atoms with Crippen molar-refractivity contribution in [2.24, 2.45) is 4.99 Å². The summed E-state index contributed by atoms with van der Waals surface area (Å²) in [5.74, 6) is 1.73. The van der Waals surface area contributed by atoms with Crippen molar-refractivity contribution in [3.8, 4) is 5.75 Å². The Morgan fingerprint density at radius 2 is 2.04 bits per heavy atom. The molecule has 0 bridgehead atoms. The number of nitrogens with one attached hydrogen (secondary N) is 2. The summed E-state index contributed by atoms with van der Waals surface area (Å²) < 4.78 is 10.7. The van der Waals surface area contributed by atoms with Crippen LogP contribution < -0.4 is 15.4 Å². The molecular formula is C18H28IN3O2. The summed E-state index contributed by atoms with van der Waals surface area (Å²) in [5.41, 5.74) is 1.17. The van der Waals surface area contributed by atoms with E-state index >= 15 is 0 Å². The molecule has 0 aliphatic heterocycles. The van der Waals surface area contributed by atoms with E-state index in [0.29, 0.717) is 12.6 Å². The van der Waals surface area contributed by atoms with Crippen LogP contribution in [0.2, 0.25) is 0 Å². The first-order valence-electron chi connectivity index (χ1n) is 8.14. The monoisotopic (exact) mass is 445 g/mol. The minimum Gasteiger partial charge on any atom is -0.493 e. The molecule has 1 aromatic carbocycles. The highest BCUT2D eigenvalue weighted by Gasteiger charge is 2.11. The van der Waals surface area contributed by atoms with Crippen molar-refractivity contribution in [1.82, 2.24) is 10.6 Å². The van der Waals surface area contributed by atoms with Crippen LogP contribution in [-0.4, -0.2) is 39.4 Å². The number of nitrogens with zero attached hydrogens (tertiary/aromatic N) is 1. The molecule has 5 nitrogen and oxygen atoms in total. The van der Waals surface area contributed by atoms with Crippen LogP contribution in [0.3, 0.4) is 0 Å². The molecule has 0 unspecified atom stereocenters. The Hall–Kier alpha value is -1.28. The zero-order valence-electron chi connectivity index (χ0n) is 14.5. The maximum atomic E-state index is 5.73. The third-order valence-corrected chi connectivity index (χ3v) is 3.69. The van der Waals surface area contributed by atoms with Gasteiger partial charge in [0.15, 0.2) is 5.96 Å². The van der Waals surface area contributed by atoms with Gasteiger partial charge in [0, 0.05) is 39.8 Å². The van der Waals surface area contributed by atoms with Crippen molar-refractivity contribution in [3.05, 3.63) is 42.0 Å². The third-order valence-electron chi connectivity index (χ3n) is 3.69. The zero-order chi connectivity index (χ0) is 16.3. The van der Waals surface area contributed by atoms with E-state index in [9.17, 15) is 0 Å². The molecule has 0 spiro atoms. The highest BCUT2D eigenvalue weighted by atomic mass is 127. The fraction of sp³-hybridized carbons (Fsp3) is 0.500. The first kappa shape index (κ1) is 20.8. The number of hydrogen-bond donors (Lipinski definition) is 2. The van der Waals surface area contributed by atoms with Crippen molar-refractivity contribution in [2.75, 3.05) is 27.4 Å². The number of methoxy groups -OCH3 is 1. The molecule has 2 N–H and O–H groups in total. The van der Waals surface area contributed by atoms with E-state index in [1.54, 1.807) is 14.2 Å². The van der Waals surface area contributed by atoms with Crippen molar-refractivity contribution < 1.29 is 9.47 Å². The molecule has 2 rings (SSSR count). The summed E-state index contributed by atoms with van der Waals surface area (Å²) >= 11 is 0. The summed E-state index contributed by atoms with van der Waals surface area (Å²) in [4.78, 5) is 4.28. The quantitative estimate of drug-likeness (QED) is 0.212. The lowest BCUT2D eigenvalue weighted by molar-refractivity contribution is 0.172. The molecule has 0 fully saturated rings. The molecule has 1 aromatic rings. The smallest absolute Gasteiger partial charge is 0.191 e. The molecular weight excluding hydrogens is 417 g/mol. The van der Waals surface area contributed by atoms with Gasteiger partial charge in [-0.3, -0.25) is 4.99 Å². The summed E-state index contributed by atoms with van der Waals surface area (Å²) in [5, 5.41) is 6.78. The van der Waals surface area contributed by atoms with E-state index in [-0.39, 0.29) is 24.0 Å². The summed E-state index contributed by atoms with van der Waals surface area (Å²) in [6.45, 7) is 2.11. The molecule has 0 atom stereocenters. The SMILES string of the molecule is CN=C(NCc1cccc(OCCCOC)c1)NC1CC=CC1.I. The number of benzene rings is 1. The largest absolute Gasteiger partial charge is 0.493 e. The fourth-order valence-corrected chi connectivity index (χ4v) is 2.45. The first-order chi connectivity index (χ1) is 11.3.